The minimum atomic E-state index is -1.33. The van der Waals surface area contributed by atoms with Crippen molar-refractivity contribution in [2.75, 3.05) is 21.0 Å². The highest BCUT2D eigenvalue weighted by atomic mass is 19.1. The van der Waals surface area contributed by atoms with Crippen LogP contribution in [0.3, 0.4) is 0 Å². The van der Waals surface area contributed by atoms with Crippen LogP contribution in [0.1, 0.15) is 37.5 Å². The lowest BCUT2D eigenvalue weighted by atomic mass is 9.91. The number of halogens is 1. The van der Waals surface area contributed by atoms with E-state index in [0.717, 1.165) is 5.56 Å². The highest BCUT2D eigenvalue weighted by molar-refractivity contribution is 6.02. The van der Waals surface area contributed by atoms with Gasteiger partial charge >= 0.3 is 0 Å². The zero-order valence-corrected chi connectivity index (χ0v) is 19.8. The Morgan fingerprint density at radius 2 is 1.65 bits per heavy atom. The Labute approximate surface area is 198 Å². The molecule has 184 valence electrons. The number of aliphatic hydroxyl groups excluding tert-OH is 1. The molecule has 3 rings (SSSR count). The molecule has 2 aromatic carbocycles. The van der Waals surface area contributed by atoms with E-state index in [9.17, 15) is 19.1 Å². The summed E-state index contributed by atoms with van der Waals surface area (Å²) in [5, 5.41) is 12.0. The maximum absolute atomic E-state index is 13.5. The molecule has 0 bridgehead atoms. The highest BCUT2D eigenvalue weighted by Crippen LogP contribution is 2.33. The smallest absolute Gasteiger partial charge is 0.274 e. The normalized spacial score (nSPS) is 20.1. The van der Waals surface area contributed by atoms with E-state index in [1.54, 1.807) is 24.1 Å². The van der Waals surface area contributed by atoms with Crippen LogP contribution in [0.4, 0.5) is 4.39 Å². The molecule has 8 nitrogen and oxygen atoms in total. The van der Waals surface area contributed by atoms with Gasteiger partial charge in [-0.25, -0.2) is 9.23 Å². The molecular weight excluding hydrogens is 443 g/mol. The van der Waals surface area contributed by atoms with Gasteiger partial charge in [0.1, 0.15) is 23.7 Å². The number of carbonyl (C=O) groups excluding carboxylic acids is 2. The predicted molar refractivity (Wildman–Crippen MR) is 122 cm³/mol. The molecule has 1 heterocycles. The first kappa shape index (κ1) is 25.8. The van der Waals surface area contributed by atoms with E-state index in [1.165, 1.54) is 31.4 Å². The van der Waals surface area contributed by atoms with Crippen LogP contribution in [0.2, 0.25) is 0 Å². The number of hydroxylamine groups is 2. The van der Waals surface area contributed by atoms with Crippen molar-refractivity contribution < 1.29 is 33.4 Å². The molecule has 0 spiro atoms. The molecule has 2 amide bonds. The Morgan fingerprint density at radius 3 is 2.21 bits per heavy atom. The number of imide groups is 1. The van der Waals surface area contributed by atoms with Crippen molar-refractivity contribution in [3.8, 4) is 5.75 Å². The third-order valence-corrected chi connectivity index (χ3v) is 5.73. The van der Waals surface area contributed by atoms with Gasteiger partial charge in [-0.3, -0.25) is 14.5 Å². The molecule has 3 atom stereocenters. The third-order valence-electron chi connectivity index (χ3n) is 5.73. The van der Waals surface area contributed by atoms with Crippen LogP contribution < -0.4 is 4.74 Å². The number of benzene rings is 2. The number of hydrogen-bond donors (Lipinski definition) is 1. The quantitative estimate of drug-likeness (QED) is 0.418. The van der Waals surface area contributed by atoms with Gasteiger partial charge in [0.15, 0.2) is 6.79 Å². The van der Waals surface area contributed by atoms with E-state index in [0.29, 0.717) is 22.8 Å². The van der Waals surface area contributed by atoms with Gasteiger partial charge in [-0.1, -0.05) is 38.1 Å². The second-order valence-electron chi connectivity index (χ2n) is 8.61. The van der Waals surface area contributed by atoms with Crippen LogP contribution in [0, 0.1) is 11.7 Å². The Balaban J connectivity index is 2.04. The number of aliphatic hydroxyl groups is 1. The maximum Gasteiger partial charge on any atom is 0.274 e. The van der Waals surface area contributed by atoms with Crippen molar-refractivity contribution in [2.24, 2.45) is 5.92 Å². The molecule has 34 heavy (non-hydrogen) atoms. The summed E-state index contributed by atoms with van der Waals surface area (Å²) in [6, 6.07) is 10.7. The first-order valence-corrected chi connectivity index (χ1v) is 11.1. The van der Waals surface area contributed by atoms with Crippen LogP contribution in [0.15, 0.2) is 48.5 Å². The van der Waals surface area contributed by atoms with Gasteiger partial charge in [0, 0.05) is 13.7 Å². The summed E-state index contributed by atoms with van der Waals surface area (Å²) in [4.78, 5) is 33.9. The SMILES string of the molecule is COCON1C(=O)C(CC(C)C)N(Cc2ccc(OC)cc2)C(C(O)c2ccc(F)cc2)C1=O. The molecule has 0 aliphatic carbocycles. The second kappa shape index (κ2) is 11.5. The number of carbonyl (C=O) groups is 2. The van der Waals surface area contributed by atoms with E-state index in [2.05, 4.69) is 0 Å². The number of methoxy groups -OCH3 is 2. The summed E-state index contributed by atoms with van der Waals surface area (Å²) in [7, 11) is 2.95. The summed E-state index contributed by atoms with van der Waals surface area (Å²) in [6.07, 6.45) is -0.898. The van der Waals surface area contributed by atoms with Crippen molar-refractivity contribution >= 4 is 11.8 Å². The molecule has 0 saturated carbocycles. The molecular formula is C25H31FN2O6. The number of piperazine rings is 1. The van der Waals surface area contributed by atoms with Gasteiger partial charge in [0.25, 0.3) is 11.8 Å². The third kappa shape index (κ3) is 5.79. The molecule has 9 heteroatoms. The zero-order chi connectivity index (χ0) is 24.8. The van der Waals surface area contributed by atoms with Crippen LogP contribution >= 0.6 is 0 Å². The molecule has 0 radical (unpaired) electrons. The zero-order valence-electron chi connectivity index (χ0n) is 19.8. The second-order valence-corrected chi connectivity index (χ2v) is 8.61. The minimum absolute atomic E-state index is 0.119. The highest BCUT2D eigenvalue weighted by Gasteiger charge is 2.50. The fourth-order valence-corrected chi connectivity index (χ4v) is 4.07. The number of rotatable bonds is 10. The number of nitrogens with zero attached hydrogens (tertiary/aromatic N) is 2. The van der Waals surface area contributed by atoms with Crippen LogP contribution in [-0.2, 0) is 25.7 Å². The Morgan fingerprint density at radius 1 is 1.00 bits per heavy atom. The van der Waals surface area contributed by atoms with Crippen LogP contribution in [-0.4, -0.2) is 60.0 Å². The molecule has 1 aliphatic rings. The van der Waals surface area contributed by atoms with Gasteiger partial charge in [-0.2, -0.15) is 0 Å². The lowest BCUT2D eigenvalue weighted by Crippen LogP contribution is -2.66. The van der Waals surface area contributed by atoms with E-state index in [1.807, 2.05) is 26.0 Å². The van der Waals surface area contributed by atoms with Gasteiger partial charge in [0.05, 0.1) is 13.2 Å². The lowest BCUT2D eigenvalue weighted by molar-refractivity contribution is -0.238. The molecule has 1 aliphatic heterocycles. The first-order valence-electron chi connectivity index (χ1n) is 11.1. The summed E-state index contributed by atoms with van der Waals surface area (Å²) < 4.78 is 23.6. The van der Waals surface area contributed by atoms with Crippen molar-refractivity contribution in [1.82, 2.24) is 9.96 Å². The van der Waals surface area contributed by atoms with E-state index in [4.69, 9.17) is 14.3 Å². The predicted octanol–water partition coefficient (Wildman–Crippen LogP) is 3.06. The molecule has 2 aromatic rings. The van der Waals surface area contributed by atoms with Crippen molar-refractivity contribution in [2.45, 2.75) is 45.0 Å². The lowest BCUT2D eigenvalue weighted by Gasteiger charge is -2.45. The summed E-state index contributed by atoms with van der Waals surface area (Å²) in [6.45, 7) is 3.87. The van der Waals surface area contributed by atoms with E-state index >= 15 is 0 Å². The molecule has 0 aromatic heterocycles. The topological polar surface area (TPSA) is 88.5 Å². The van der Waals surface area contributed by atoms with Crippen molar-refractivity contribution in [1.29, 1.82) is 0 Å². The van der Waals surface area contributed by atoms with Crippen molar-refractivity contribution in [3.63, 3.8) is 0 Å². The molecule has 3 unspecified atom stereocenters. The first-order chi connectivity index (χ1) is 16.3. The Kier molecular flexibility index (Phi) is 8.73. The number of hydrogen-bond acceptors (Lipinski definition) is 7. The maximum atomic E-state index is 13.5. The minimum Gasteiger partial charge on any atom is -0.497 e. The monoisotopic (exact) mass is 474 g/mol. The molecule has 1 saturated heterocycles. The standard InChI is InChI=1S/C25H31FN2O6/c1-16(2)13-21-24(30)28(34-15-32-3)25(31)22(23(29)18-7-9-19(26)10-8-18)27(21)14-17-5-11-20(33-4)12-6-17/h5-12,16,21-23,29H,13-15H2,1-4H3. The Hall–Kier alpha value is -2.85. The number of amides is 2. The molecule has 1 fully saturated rings. The fourth-order valence-electron chi connectivity index (χ4n) is 4.07. The van der Waals surface area contributed by atoms with E-state index in [-0.39, 0.29) is 19.3 Å². The van der Waals surface area contributed by atoms with Crippen molar-refractivity contribution in [3.05, 3.63) is 65.5 Å². The largest absolute Gasteiger partial charge is 0.497 e. The number of ether oxygens (including phenoxy) is 2. The summed E-state index contributed by atoms with van der Waals surface area (Å²) in [5.41, 5.74) is 1.18. The van der Waals surface area contributed by atoms with Gasteiger partial charge in [-0.15, -0.1) is 5.06 Å². The molecule has 1 N–H and O–H groups in total. The average molecular weight is 475 g/mol. The summed E-state index contributed by atoms with van der Waals surface area (Å²) in [5.74, 6) is -0.901. The van der Waals surface area contributed by atoms with Gasteiger partial charge < -0.3 is 14.6 Å². The van der Waals surface area contributed by atoms with Gasteiger partial charge in [-0.05, 0) is 47.7 Å². The fraction of sp³-hybridized carbons (Fsp3) is 0.440. The van der Waals surface area contributed by atoms with E-state index < -0.39 is 35.8 Å². The van der Waals surface area contributed by atoms with Gasteiger partial charge in [0.2, 0.25) is 0 Å². The average Bonchev–Trinajstić information content (AvgIpc) is 2.82. The van der Waals surface area contributed by atoms with Crippen LogP contribution in [0.5, 0.6) is 5.75 Å². The summed E-state index contributed by atoms with van der Waals surface area (Å²) >= 11 is 0. The Bertz CT molecular complexity index is 966. The van der Waals surface area contributed by atoms with Crippen LogP contribution in [0.25, 0.3) is 0 Å².